The van der Waals surface area contributed by atoms with Gasteiger partial charge in [-0.3, -0.25) is 4.79 Å². The number of hydrogen-bond donors (Lipinski definition) is 1. The number of piperidine rings is 1. The van der Waals surface area contributed by atoms with Crippen molar-refractivity contribution in [2.45, 2.75) is 39.5 Å². The molecule has 1 aromatic carbocycles. The van der Waals surface area contributed by atoms with Crippen molar-refractivity contribution in [3.05, 3.63) is 34.3 Å². The van der Waals surface area contributed by atoms with E-state index in [-0.39, 0.29) is 5.92 Å². The summed E-state index contributed by atoms with van der Waals surface area (Å²) in [7, 11) is 2.00. The van der Waals surface area contributed by atoms with Crippen molar-refractivity contribution in [3.8, 4) is 0 Å². The molecular weight excluding hydrogens is 364 g/mol. The average Bonchev–Trinajstić information content (AvgIpc) is 2.54. The number of benzene rings is 1. The summed E-state index contributed by atoms with van der Waals surface area (Å²) in [4.78, 5) is 15.3. The summed E-state index contributed by atoms with van der Waals surface area (Å²) in [6.45, 7) is 7.26. The summed E-state index contributed by atoms with van der Waals surface area (Å²) in [6, 6.07) is 8.36. The van der Waals surface area contributed by atoms with E-state index in [2.05, 4.69) is 58.2 Å². The third kappa shape index (κ3) is 5.89. The van der Waals surface area contributed by atoms with Crippen LogP contribution in [-0.4, -0.2) is 37.5 Å². The van der Waals surface area contributed by atoms with Gasteiger partial charge in [0.1, 0.15) is 0 Å². The molecule has 0 aliphatic carbocycles. The summed E-state index contributed by atoms with van der Waals surface area (Å²) in [5.41, 5.74) is 1.24. The van der Waals surface area contributed by atoms with E-state index < -0.39 is 0 Å². The van der Waals surface area contributed by atoms with Gasteiger partial charge in [0.05, 0.1) is 0 Å². The monoisotopic (exact) mass is 394 g/mol. The molecule has 1 fully saturated rings. The Morgan fingerprint density at radius 3 is 2.88 bits per heavy atom. The summed E-state index contributed by atoms with van der Waals surface area (Å²) >= 11 is 3.54. The van der Waals surface area contributed by atoms with Gasteiger partial charge in [0.25, 0.3) is 0 Å². The van der Waals surface area contributed by atoms with Crippen LogP contribution in [0.2, 0.25) is 0 Å². The number of hydrogen-bond acceptors (Lipinski definition) is 2. The second-order valence-electron chi connectivity index (χ2n) is 7.51. The minimum absolute atomic E-state index is 0.0904. The van der Waals surface area contributed by atoms with E-state index in [0.29, 0.717) is 17.7 Å². The van der Waals surface area contributed by atoms with E-state index in [1.54, 1.807) is 0 Å². The molecule has 3 nitrogen and oxygen atoms in total. The lowest BCUT2D eigenvalue weighted by molar-refractivity contribution is -0.137. The maximum Gasteiger partial charge on any atom is 0.226 e. The van der Waals surface area contributed by atoms with E-state index in [4.69, 9.17) is 0 Å². The number of halogens is 1. The first-order valence-corrected chi connectivity index (χ1v) is 9.96. The van der Waals surface area contributed by atoms with Crippen molar-refractivity contribution in [2.24, 2.45) is 17.8 Å². The minimum atomic E-state index is 0.0904. The zero-order chi connectivity index (χ0) is 17.5. The Bertz CT molecular complexity index is 530. The zero-order valence-electron chi connectivity index (χ0n) is 15.2. The Morgan fingerprint density at radius 1 is 1.42 bits per heavy atom. The largest absolute Gasteiger partial charge is 0.342 e. The Balaban J connectivity index is 2.07. The highest BCUT2D eigenvalue weighted by Gasteiger charge is 2.29. The molecule has 134 valence electrons. The molecule has 0 spiro atoms. The molecule has 0 bridgehead atoms. The number of carbonyl (C=O) groups is 1. The molecule has 0 saturated carbocycles. The molecule has 4 heteroatoms. The minimum Gasteiger partial charge on any atom is -0.342 e. The second kappa shape index (κ2) is 9.57. The summed E-state index contributed by atoms with van der Waals surface area (Å²) in [6.07, 6.45) is 4.15. The molecule has 0 aromatic heterocycles. The average molecular weight is 395 g/mol. The Labute approximate surface area is 155 Å². The maximum atomic E-state index is 13.2. The normalized spacial score (nSPS) is 19.5. The number of nitrogens with one attached hydrogen (secondary N) is 1. The van der Waals surface area contributed by atoms with Gasteiger partial charge >= 0.3 is 0 Å². The van der Waals surface area contributed by atoms with Crippen molar-refractivity contribution in [1.29, 1.82) is 0 Å². The van der Waals surface area contributed by atoms with Crippen molar-refractivity contribution in [2.75, 3.05) is 26.7 Å². The Morgan fingerprint density at radius 2 is 2.21 bits per heavy atom. The number of carbonyl (C=O) groups excluding carboxylic acids is 1. The van der Waals surface area contributed by atoms with Crippen molar-refractivity contribution in [1.82, 2.24) is 10.2 Å². The second-order valence-corrected chi connectivity index (χ2v) is 8.43. The molecule has 1 aliphatic rings. The lowest BCUT2D eigenvalue weighted by Crippen LogP contribution is -2.45. The van der Waals surface area contributed by atoms with Crippen LogP contribution in [0.1, 0.15) is 38.7 Å². The third-order valence-electron chi connectivity index (χ3n) is 4.80. The Hall–Kier alpha value is -0.870. The summed E-state index contributed by atoms with van der Waals surface area (Å²) in [5, 5.41) is 3.26. The van der Waals surface area contributed by atoms with Gasteiger partial charge in [0, 0.05) is 23.5 Å². The highest BCUT2D eigenvalue weighted by molar-refractivity contribution is 9.10. The van der Waals surface area contributed by atoms with Gasteiger partial charge in [-0.1, -0.05) is 41.9 Å². The molecule has 1 saturated heterocycles. The van der Waals surface area contributed by atoms with E-state index in [1.165, 1.54) is 12.0 Å². The van der Waals surface area contributed by atoms with Crippen LogP contribution >= 0.6 is 15.9 Å². The first-order valence-electron chi connectivity index (χ1n) is 9.17. The molecule has 1 N–H and O–H groups in total. The highest BCUT2D eigenvalue weighted by Crippen LogP contribution is 2.24. The van der Waals surface area contributed by atoms with Crippen LogP contribution in [0, 0.1) is 17.8 Å². The van der Waals surface area contributed by atoms with Gasteiger partial charge in [-0.05, 0) is 68.8 Å². The lowest BCUT2D eigenvalue weighted by Gasteiger charge is -2.35. The zero-order valence-corrected chi connectivity index (χ0v) is 16.8. The van der Waals surface area contributed by atoms with Crippen LogP contribution < -0.4 is 5.32 Å². The fraction of sp³-hybridized carbons (Fsp3) is 0.650. The van der Waals surface area contributed by atoms with Gasteiger partial charge in [-0.15, -0.1) is 0 Å². The number of amides is 1. The van der Waals surface area contributed by atoms with E-state index in [0.717, 1.165) is 43.4 Å². The van der Waals surface area contributed by atoms with Gasteiger partial charge in [0.2, 0.25) is 5.91 Å². The van der Waals surface area contributed by atoms with Crippen LogP contribution in [0.25, 0.3) is 0 Å². The van der Waals surface area contributed by atoms with Crippen LogP contribution in [0.5, 0.6) is 0 Å². The predicted molar refractivity (Wildman–Crippen MR) is 104 cm³/mol. The molecular formula is C20H31BrN2O. The predicted octanol–water partition coefficient (Wildman–Crippen LogP) is 4.11. The number of rotatable bonds is 7. The van der Waals surface area contributed by atoms with Crippen molar-refractivity contribution < 1.29 is 4.79 Å². The SMILES string of the molecule is CNCC1CCCN(C(=O)C(Cc2cccc(Br)c2)CC(C)C)C1. The molecule has 24 heavy (non-hydrogen) atoms. The van der Waals surface area contributed by atoms with Crippen LogP contribution in [-0.2, 0) is 11.2 Å². The summed E-state index contributed by atoms with van der Waals surface area (Å²) < 4.78 is 1.09. The maximum absolute atomic E-state index is 13.2. The van der Waals surface area contributed by atoms with Crippen LogP contribution in [0.3, 0.4) is 0 Å². The van der Waals surface area contributed by atoms with Crippen molar-refractivity contribution in [3.63, 3.8) is 0 Å². The molecule has 1 aromatic rings. The van der Waals surface area contributed by atoms with E-state index >= 15 is 0 Å². The molecule has 1 amide bonds. The van der Waals surface area contributed by atoms with Gasteiger partial charge in [-0.25, -0.2) is 0 Å². The van der Waals surface area contributed by atoms with Gasteiger partial charge < -0.3 is 10.2 Å². The topological polar surface area (TPSA) is 32.3 Å². The number of likely N-dealkylation sites (tertiary alicyclic amines) is 1. The lowest BCUT2D eigenvalue weighted by atomic mass is 9.88. The fourth-order valence-corrected chi connectivity index (χ4v) is 4.21. The third-order valence-corrected chi connectivity index (χ3v) is 5.29. The van der Waals surface area contributed by atoms with Gasteiger partial charge in [-0.2, -0.15) is 0 Å². The van der Waals surface area contributed by atoms with Gasteiger partial charge in [0.15, 0.2) is 0 Å². The first kappa shape index (κ1) is 19.5. The smallest absolute Gasteiger partial charge is 0.226 e. The van der Waals surface area contributed by atoms with E-state index in [9.17, 15) is 4.79 Å². The van der Waals surface area contributed by atoms with Crippen LogP contribution in [0.4, 0.5) is 0 Å². The molecule has 0 radical (unpaired) electrons. The summed E-state index contributed by atoms with van der Waals surface area (Å²) in [5.74, 6) is 1.57. The standard InChI is InChI=1S/C20H31BrN2O/c1-15(2)10-18(11-16-6-4-8-19(21)12-16)20(24)23-9-5-7-17(14-23)13-22-3/h4,6,8,12,15,17-18,22H,5,7,9-11,13-14H2,1-3H3. The van der Waals surface area contributed by atoms with Crippen molar-refractivity contribution >= 4 is 21.8 Å². The highest BCUT2D eigenvalue weighted by atomic mass is 79.9. The Kier molecular flexibility index (Phi) is 7.76. The quantitative estimate of drug-likeness (QED) is 0.754. The molecule has 1 heterocycles. The van der Waals surface area contributed by atoms with E-state index in [1.807, 2.05) is 13.1 Å². The fourth-order valence-electron chi connectivity index (χ4n) is 3.77. The number of nitrogens with zero attached hydrogens (tertiary/aromatic N) is 1. The first-order chi connectivity index (χ1) is 11.5. The van der Waals surface area contributed by atoms with Crippen LogP contribution in [0.15, 0.2) is 28.7 Å². The molecule has 2 rings (SSSR count). The molecule has 1 aliphatic heterocycles. The molecule has 2 unspecified atom stereocenters. The molecule has 2 atom stereocenters.